The van der Waals surface area contributed by atoms with Gasteiger partial charge in [0.2, 0.25) is 0 Å². The van der Waals surface area contributed by atoms with E-state index in [-0.39, 0.29) is 6.03 Å². The van der Waals surface area contributed by atoms with E-state index in [0.29, 0.717) is 18.0 Å². The molecule has 3 aliphatic carbocycles. The first-order chi connectivity index (χ1) is 10.6. The summed E-state index contributed by atoms with van der Waals surface area (Å²) in [6.45, 7) is 4.61. The Morgan fingerprint density at radius 2 is 1.50 bits per heavy atom. The van der Waals surface area contributed by atoms with Crippen LogP contribution in [0, 0.1) is 23.7 Å². The lowest BCUT2D eigenvalue weighted by Gasteiger charge is -2.39. The van der Waals surface area contributed by atoms with Gasteiger partial charge in [-0.05, 0) is 68.6 Å². The van der Waals surface area contributed by atoms with Crippen LogP contribution in [0.1, 0.15) is 78.1 Å². The normalized spacial score (nSPS) is 39.8. The molecule has 0 aromatic rings. The summed E-state index contributed by atoms with van der Waals surface area (Å²) in [5.41, 5.74) is 0. The second kappa shape index (κ2) is 7.23. The van der Waals surface area contributed by atoms with E-state index in [0.717, 1.165) is 24.2 Å². The Morgan fingerprint density at radius 3 is 2.09 bits per heavy atom. The minimum Gasteiger partial charge on any atom is -0.335 e. The molecular weight excluding hydrogens is 272 g/mol. The summed E-state index contributed by atoms with van der Waals surface area (Å²) in [6.07, 6.45) is 13.0. The summed E-state index contributed by atoms with van der Waals surface area (Å²) < 4.78 is 0. The third-order valence-electron chi connectivity index (χ3n) is 6.67. The molecule has 126 valence electrons. The summed E-state index contributed by atoms with van der Waals surface area (Å²) >= 11 is 0. The van der Waals surface area contributed by atoms with Crippen LogP contribution in [0.3, 0.4) is 0 Å². The zero-order chi connectivity index (χ0) is 15.5. The SMILES string of the molecule is CC1CCC(NC(=O)NC2CCC(C3CCC3)CC2)C(C)C1. The largest absolute Gasteiger partial charge is 0.335 e. The van der Waals surface area contributed by atoms with Gasteiger partial charge in [-0.2, -0.15) is 0 Å². The number of hydrogen-bond donors (Lipinski definition) is 2. The van der Waals surface area contributed by atoms with Gasteiger partial charge in [0.1, 0.15) is 0 Å². The third kappa shape index (κ3) is 3.97. The number of hydrogen-bond acceptors (Lipinski definition) is 1. The van der Waals surface area contributed by atoms with Gasteiger partial charge in [0.15, 0.2) is 0 Å². The molecule has 22 heavy (non-hydrogen) atoms. The third-order valence-corrected chi connectivity index (χ3v) is 6.67. The lowest BCUT2D eigenvalue weighted by Crippen LogP contribution is -2.50. The second-order valence-corrected chi connectivity index (χ2v) is 8.42. The van der Waals surface area contributed by atoms with Crippen LogP contribution in [0.2, 0.25) is 0 Å². The molecule has 3 saturated carbocycles. The van der Waals surface area contributed by atoms with Crippen molar-refractivity contribution in [1.29, 1.82) is 0 Å². The van der Waals surface area contributed by atoms with Gasteiger partial charge in [0, 0.05) is 12.1 Å². The fraction of sp³-hybridized carbons (Fsp3) is 0.947. The van der Waals surface area contributed by atoms with Crippen LogP contribution in [0.5, 0.6) is 0 Å². The second-order valence-electron chi connectivity index (χ2n) is 8.42. The van der Waals surface area contributed by atoms with Gasteiger partial charge < -0.3 is 10.6 Å². The maximum absolute atomic E-state index is 12.3. The molecular formula is C19H34N2O. The van der Waals surface area contributed by atoms with Gasteiger partial charge in [-0.25, -0.2) is 4.79 Å². The van der Waals surface area contributed by atoms with Crippen molar-refractivity contribution in [3.63, 3.8) is 0 Å². The van der Waals surface area contributed by atoms with Gasteiger partial charge in [0.25, 0.3) is 0 Å². The standard InChI is InChI=1S/C19H34N2O/c1-13-6-11-18(14(2)12-13)21-19(22)20-17-9-7-16(8-10-17)15-4-3-5-15/h13-18H,3-12H2,1-2H3,(H2,20,21,22). The smallest absolute Gasteiger partial charge is 0.315 e. The lowest BCUT2D eigenvalue weighted by molar-refractivity contribution is 0.146. The molecule has 0 saturated heterocycles. The number of carbonyl (C=O) groups is 1. The van der Waals surface area contributed by atoms with Gasteiger partial charge in [-0.15, -0.1) is 0 Å². The van der Waals surface area contributed by atoms with Crippen LogP contribution in [-0.4, -0.2) is 18.1 Å². The fourth-order valence-corrected chi connectivity index (χ4v) is 4.92. The van der Waals surface area contributed by atoms with E-state index >= 15 is 0 Å². The number of carbonyl (C=O) groups excluding carboxylic acids is 1. The van der Waals surface area contributed by atoms with Gasteiger partial charge >= 0.3 is 6.03 Å². The van der Waals surface area contributed by atoms with Crippen molar-refractivity contribution in [3.05, 3.63) is 0 Å². The van der Waals surface area contributed by atoms with Crippen LogP contribution in [0.15, 0.2) is 0 Å². The molecule has 0 radical (unpaired) electrons. The summed E-state index contributed by atoms with van der Waals surface area (Å²) in [5, 5.41) is 6.49. The Bertz CT molecular complexity index is 372. The van der Waals surface area contributed by atoms with E-state index in [1.54, 1.807) is 0 Å². The van der Waals surface area contributed by atoms with Crippen molar-refractivity contribution in [3.8, 4) is 0 Å². The molecule has 0 heterocycles. The Labute approximate surface area is 136 Å². The molecule has 3 fully saturated rings. The van der Waals surface area contributed by atoms with Crippen LogP contribution in [0.25, 0.3) is 0 Å². The predicted molar refractivity (Wildman–Crippen MR) is 90.7 cm³/mol. The Hall–Kier alpha value is -0.730. The Morgan fingerprint density at radius 1 is 0.818 bits per heavy atom. The fourth-order valence-electron chi connectivity index (χ4n) is 4.92. The maximum Gasteiger partial charge on any atom is 0.315 e. The van der Waals surface area contributed by atoms with Crippen molar-refractivity contribution in [2.75, 3.05) is 0 Å². The van der Waals surface area contributed by atoms with Crippen LogP contribution in [0.4, 0.5) is 4.79 Å². The quantitative estimate of drug-likeness (QED) is 0.793. The van der Waals surface area contributed by atoms with Crippen molar-refractivity contribution in [1.82, 2.24) is 10.6 Å². The summed E-state index contributed by atoms with van der Waals surface area (Å²) in [7, 11) is 0. The van der Waals surface area contributed by atoms with Gasteiger partial charge in [0.05, 0.1) is 0 Å². The van der Waals surface area contributed by atoms with Gasteiger partial charge in [-0.3, -0.25) is 0 Å². The molecule has 0 aromatic heterocycles. The Kier molecular flexibility index (Phi) is 5.30. The number of nitrogens with one attached hydrogen (secondary N) is 2. The first kappa shape index (κ1) is 16.1. The van der Waals surface area contributed by atoms with E-state index in [2.05, 4.69) is 24.5 Å². The average molecular weight is 306 g/mol. The number of urea groups is 1. The first-order valence-electron chi connectivity index (χ1n) is 9.69. The van der Waals surface area contributed by atoms with Crippen molar-refractivity contribution in [2.24, 2.45) is 23.7 Å². The van der Waals surface area contributed by atoms with Crippen molar-refractivity contribution >= 4 is 6.03 Å². The van der Waals surface area contributed by atoms with E-state index < -0.39 is 0 Å². The minimum absolute atomic E-state index is 0.0819. The molecule has 3 rings (SSSR count). The zero-order valence-electron chi connectivity index (χ0n) is 14.4. The molecule has 2 amide bonds. The lowest BCUT2D eigenvalue weighted by atomic mass is 9.69. The number of amides is 2. The van der Waals surface area contributed by atoms with Crippen molar-refractivity contribution in [2.45, 2.75) is 90.1 Å². The summed E-state index contributed by atoms with van der Waals surface area (Å²) in [4.78, 5) is 12.3. The van der Waals surface area contributed by atoms with E-state index in [1.165, 1.54) is 57.8 Å². The van der Waals surface area contributed by atoms with Crippen LogP contribution < -0.4 is 10.6 Å². The molecule has 3 heteroatoms. The monoisotopic (exact) mass is 306 g/mol. The predicted octanol–water partition coefficient (Wildman–Crippen LogP) is 4.47. The maximum atomic E-state index is 12.3. The van der Waals surface area contributed by atoms with Crippen molar-refractivity contribution < 1.29 is 4.79 Å². The van der Waals surface area contributed by atoms with E-state index in [4.69, 9.17) is 0 Å². The molecule has 2 N–H and O–H groups in total. The molecule has 0 aliphatic heterocycles. The molecule has 3 aliphatic rings. The minimum atomic E-state index is 0.0819. The highest BCUT2D eigenvalue weighted by atomic mass is 16.2. The highest BCUT2D eigenvalue weighted by Gasteiger charge is 2.32. The molecule has 3 nitrogen and oxygen atoms in total. The average Bonchev–Trinajstić information content (AvgIpc) is 2.42. The van der Waals surface area contributed by atoms with Crippen LogP contribution >= 0.6 is 0 Å². The van der Waals surface area contributed by atoms with E-state index in [1.807, 2.05) is 0 Å². The topological polar surface area (TPSA) is 41.1 Å². The molecule has 0 aromatic carbocycles. The van der Waals surface area contributed by atoms with E-state index in [9.17, 15) is 4.79 Å². The highest BCUT2D eigenvalue weighted by molar-refractivity contribution is 5.74. The number of rotatable bonds is 3. The van der Waals surface area contributed by atoms with Crippen LogP contribution in [-0.2, 0) is 0 Å². The molecule has 0 bridgehead atoms. The molecule has 3 unspecified atom stereocenters. The molecule has 0 spiro atoms. The summed E-state index contributed by atoms with van der Waals surface area (Å²) in [5.74, 6) is 3.40. The first-order valence-corrected chi connectivity index (χ1v) is 9.69. The Balaban J connectivity index is 1.37. The molecule has 3 atom stereocenters. The zero-order valence-corrected chi connectivity index (χ0v) is 14.4. The summed E-state index contributed by atoms with van der Waals surface area (Å²) in [6, 6.07) is 0.871. The van der Waals surface area contributed by atoms with Gasteiger partial charge in [-0.1, -0.05) is 33.1 Å². The highest BCUT2D eigenvalue weighted by Crippen LogP contribution is 2.40.